The van der Waals surface area contributed by atoms with Crippen molar-refractivity contribution in [3.8, 4) is 0 Å². The maximum Gasteiger partial charge on any atom is 0.253 e. The summed E-state index contributed by atoms with van der Waals surface area (Å²) < 4.78 is 0. The molecule has 1 aromatic heterocycles. The van der Waals surface area contributed by atoms with Crippen LogP contribution in [0.4, 0.5) is 0 Å². The Hall–Kier alpha value is -2.43. The normalized spacial score (nSPS) is 12.1. The number of pyridine rings is 1. The first-order chi connectivity index (χ1) is 11.1. The van der Waals surface area contributed by atoms with Gasteiger partial charge < -0.3 is 10.4 Å². The van der Waals surface area contributed by atoms with Gasteiger partial charge in [-0.2, -0.15) is 0 Å². The van der Waals surface area contributed by atoms with Crippen molar-refractivity contribution in [1.29, 1.82) is 0 Å². The Bertz CT molecular complexity index is 834. The molecule has 1 heterocycles. The fraction of sp³-hybridized carbons (Fsp3) is 0.111. The van der Waals surface area contributed by atoms with Gasteiger partial charge in [0.25, 0.3) is 5.91 Å². The van der Waals surface area contributed by atoms with Crippen LogP contribution in [0.1, 0.15) is 17.2 Å². The number of nitrogens with one attached hydrogen (secondary N) is 1. The van der Waals surface area contributed by atoms with Gasteiger partial charge in [-0.1, -0.05) is 41.9 Å². The van der Waals surface area contributed by atoms with Crippen LogP contribution in [-0.2, 0) is 11.3 Å². The van der Waals surface area contributed by atoms with E-state index in [1.165, 1.54) is 0 Å². The predicted octanol–water partition coefficient (Wildman–Crippen LogP) is 3.24. The van der Waals surface area contributed by atoms with Crippen LogP contribution < -0.4 is 5.32 Å². The van der Waals surface area contributed by atoms with Gasteiger partial charge in [-0.25, -0.2) is 0 Å². The summed E-state index contributed by atoms with van der Waals surface area (Å²) in [6, 6.07) is 16.3. The molecule has 0 unspecified atom stereocenters. The lowest BCUT2D eigenvalue weighted by Gasteiger charge is -2.12. The van der Waals surface area contributed by atoms with E-state index in [0.717, 1.165) is 16.5 Å². The number of aromatic nitrogens is 1. The number of hydrogen-bond donors (Lipinski definition) is 2. The zero-order valence-electron chi connectivity index (χ0n) is 12.2. The topological polar surface area (TPSA) is 62.2 Å². The van der Waals surface area contributed by atoms with Crippen molar-refractivity contribution in [3.05, 3.63) is 76.9 Å². The second kappa shape index (κ2) is 6.77. The fourth-order valence-corrected chi connectivity index (χ4v) is 2.42. The molecule has 2 aromatic carbocycles. The van der Waals surface area contributed by atoms with E-state index in [4.69, 9.17) is 11.6 Å². The number of hydrogen-bond acceptors (Lipinski definition) is 3. The van der Waals surface area contributed by atoms with Gasteiger partial charge in [0.2, 0.25) is 0 Å². The number of halogens is 1. The van der Waals surface area contributed by atoms with Gasteiger partial charge >= 0.3 is 0 Å². The van der Waals surface area contributed by atoms with Gasteiger partial charge in [-0.3, -0.25) is 9.78 Å². The first kappa shape index (κ1) is 15.5. The molecule has 0 saturated carbocycles. The summed E-state index contributed by atoms with van der Waals surface area (Å²) in [6.07, 6.45) is 0.498. The van der Waals surface area contributed by atoms with E-state index in [-0.39, 0.29) is 0 Å². The third-order valence-corrected chi connectivity index (χ3v) is 3.80. The van der Waals surface area contributed by atoms with E-state index in [1.54, 1.807) is 30.5 Å². The highest BCUT2D eigenvalue weighted by Gasteiger charge is 2.16. The third-order valence-electron chi connectivity index (χ3n) is 3.55. The quantitative estimate of drug-likeness (QED) is 0.773. The second-order valence-electron chi connectivity index (χ2n) is 5.21. The van der Waals surface area contributed by atoms with Crippen molar-refractivity contribution in [2.75, 3.05) is 0 Å². The minimum atomic E-state index is -1.22. The van der Waals surface area contributed by atoms with E-state index < -0.39 is 12.0 Å². The van der Waals surface area contributed by atoms with Crippen LogP contribution in [0, 0.1) is 0 Å². The van der Waals surface area contributed by atoms with Gasteiger partial charge in [0.05, 0.1) is 5.52 Å². The summed E-state index contributed by atoms with van der Waals surface area (Å²) in [6.45, 7) is 0.307. The Labute approximate surface area is 138 Å². The van der Waals surface area contributed by atoms with E-state index >= 15 is 0 Å². The number of amides is 1. The highest BCUT2D eigenvalue weighted by atomic mass is 35.5. The summed E-state index contributed by atoms with van der Waals surface area (Å²) in [5.74, 6) is -0.458. The molecule has 116 valence electrons. The monoisotopic (exact) mass is 326 g/mol. The summed E-state index contributed by atoms with van der Waals surface area (Å²) in [5.41, 5.74) is 2.28. The highest BCUT2D eigenvalue weighted by Crippen LogP contribution is 2.17. The number of rotatable bonds is 4. The first-order valence-electron chi connectivity index (χ1n) is 7.18. The van der Waals surface area contributed by atoms with Gasteiger partial charge in [0.15, 0.2) is 6.10 Å². The lowest BCUT2D eigenvalue weighted by Crippen LogP contribution is -2.28. The molecule has 1 atom stereocenters. The number of carbonyl (C=O) groups excluding carboxylic acids is 1. The molecular weight excluding hydrogens is 312 g/mol. The molecule has 1 amide bonds. The zero-order valence-corrected chi connectivity index (χ0v) is 13.0. The molecule has 0 fully saturated rings. The van der Waals surface area contributed by atoms with Crippen molar-refractivity contribution in [3.63, 3.8) is 0 Å². The Balaban J connectivity index is 1.66. The van der Waals surface area contributed by atoms with Crippen LogP contribution in [-0.4, -0.2) is 16.0 Å². The van der Waals surface area contributed by atoms with Crippen LogP contribution in [0.3, 0.4) is 0 Å². The predicted molar refractivity (Wildman–Crippen MR) is 90.0 cm³/mol. The molecule has 23 heavy (non-hydrogen) atoms. The SMILES string of the molecule is O=C(NCc1cnc2ccccc2c1)[C@@H](O)c1ccc(Cl)cc1. The number of benzene rings is 2. The molecule has 0 aliphatic carbocycles. The molecule has 0 spiro atoms. The number of carbonyl (C=O) groups is 1. The molecule has 0 saturated heterocycles. The molecular formula is C18H15ClN2O2. The van der Waals surface area contributed by atoms with Crippen LogP contribution in [0.5, 0.6) is 0 Å². The van der Waals surface area contributed by atoms with Crippen molar-refractivity contribution < 1.29 is 9.90 Å². The molecule has 5 heteroatoms. The summed E-state index contributed by atoms with van der Waals surface area (Å²) in [7, 11) is 0. The number of para-hydroxylation sites is 1. The average molecular weight is 327 g/mol. The van der Waals surface area contributed by atoms with Crippen molar-refractivity contribution in [1.82, 2.24) is 10.3 Å². The fourth-order valence-electron chi connectivity index (χ4n) is 2.30. The Morgan fingerprint density at radius 3 is 2.70 bits per heavy atom. The largest absolute Gasteiger partial charge is 0.378 e. The zero-order chi connectivity index (χ0) is 16.2. The molecule has 3 aromatic rings. The standard InChI is InChI=1S/C18H15ClN2O2/c19-15-7-5-13(6-8-15)17(22)18(23)21-11-12-9-14-3-1-2-4-16(14)20-10-12/h1-10,17,22H,11H2,(H,21,23)/t17-/m0/s1. The molecule has 4 nitrogen and oxygen atoms in total. The van der Waals surface area contributed by atoms with Crippen molar-refractivity contribution >= 4 is 28.4 Å². The molecule has 2 N–H and O–H groups in total. The molecule has 3 rings (SSSR count). The summed E-state index contributed by atoms with van der Waals surface area (Å²) in [4.78, 5) is 16.4. The summed E-state index contributed by atoms with van der Waals surface area (Å²) in [5, 5.41) is 14.3. The molecule has 0 aliphatic heterocycles. The number of aliphatic hydroxyl groups excluding tert-OH is 1. The van der Waals surface area contributed by atoms with Crippen LogP contribution in [0.25, 0.3) is 10.9 Å². The van der Waals surface area contributed by atoms with Gasteiger partial charge in [-0.05, 0) is 35.4 Å². The van der Waals surface area contributed by atoms with Crippen LogP contribution >= 0.6 is 11.6 Å². The van der Waals surface area contributed by atoms with Gasteiger partial charge in [0, 0.05) is 23.2 Å². The van der Waals surface area contributed by atoms with Crippen LogP contribution in [0.15, 0.2) is 60.8 Å². The lowest BCUT2D eigenvalue weighted by atomic mass is 10.1. The Morgan fingerprint density at radius 2 is 1.91 bits per heavy atom. The average Bonchev–Trinajstić information content (AvgIpc) is 2.59. The van der Waals surface area contributed by atoms with Crippen LogP contribution in [0.2, 0.25) is 5.02 Å². The van der Waals surface area contributed by atoms with E-state index in [2.05, 4.69) is 10.3 Å². The van der Waals surface area contributed by atoms with E-state index in [0.29, 0.717) is 17.1 Å². The first-order valence-corrected chi connectivity index (χ1v) is 7.56. The second-order valence-corrected chi connectivity index (χ2v) is 5.64. The van der Waals surface area contributed by atoms with E-state index in [1.807, 2.05) is 30.3 Å². The Morgan fingerprint density at radius 1 is 1.17 bits per heavy atom. The number of nitrogens with zero attached hydrogens (tertiary/aromatic N) is 1. The minimum Gasteiger partial charge on any atom is -0.378 e. The maximum absolute atomic E-state index is 12.1. The molecule has 0 aliphatic rings. The smallest absolute Gasteiger partial charge is 0.253 e. The Kier molecular flexibility index (Phi) is 4.55. The highest BCUT2D eigenvalue weighted by molar-refractivity contribution is 6.30. The molecule has 0 bridgehead atoms. The van der Waals surface area contributed by atoms with Crippen molar-refractivity contribution in [2.45, 2.75) is 12.6 Å². The number of fused-ring (bicyclic) bond motifs is 1. The van der Waals surface area contributed by atoms with E-state index in [9.17, 15) is 9.90 Å². The summed E-state index contributed by atoms with van der Waals surface area (Å²) >= 11 is 5.80. The minimum absolute atomic E-state index is 0.307. The molecule has 0 radical (unpaired) electrons. The number of aliphatic hydroxyl groups is 1. The van der Waals surface area contributed by atoms with Crippen molar-refractivity contribution in [2.24, 2.45) is 0 Å². The lowest BCUT2D eigenvalue weighted by molar-refractivity contribution is -0.129. The van der Waals surface area contributed by atoms with Gasteiger partial charge in [-0.15, -0.1) is 0 Å². The van der Waals surface area contributed by atoms with Gasteiger partial charge in [0.1, 0.15) is 0 Å². The maximum atomic E-state index is 12.1. The third kappa shape index (κ3) is 3.67.